The predicted molar refractivity (Wildman–Crippen MR) is 64.8 cm³/mol. The molecule has 0 aromatic rings. The molecule has 16 heavy (non-hydrogen) atoms. The predicted octanol–water partition coefficient (Wildman–Crippen LogP) is -0.0877. The highest BCUT2D eigenvalue weighted by Crippen LogP contribution is 2.04. The lowest BCUT2D eigenvalue weighted by atomic mass is 10.1. The molecule has 0 aliphatic carbocycles. The van der Waals surface area contributed by atoms with Gasteiger partial charge in [-0.3, -0.25) is 4.79 Å². The maximum absolute atomic E-state index is 11.5. The van der Waals surface area contributed by atoms with Crippen molar-refractivity contribution in [2.45, 2.75) is 26.2 Å². The van der Waals surface area contributed by atoms with Crippen molar-refractivity contribution in [3.63, 3.8) is 0 Å². The quantitative estimate of drug-likeness (QED) is 0.589. The third-order valence-electron chi connectivity index (χ3n) is 2.28. The topological polar surface area (TPSA) is 89.3 Å². The minimum absolute atomic E-state index is 0.0260. The summed E-state index contributed by atoms with van der Waals surface area (Å²) in [7, 11) is -2.92. The molecule has 0 rings (SSSR count). The average molecular weight is 250 g/mol. The van der Waals surface area contributed by atoms with Gasteiger partial charge < -0.3 is 11.1 Å². The molecule has 0 aromatic carbocycles. The molecule has 0 saturated heterocycles. The van der Waals surface area contributed by atoms with Crippen LogP contribution in [0, 0.1) is 5.92 Å². The van der Waals surface area contributed by atoms with Gasteiger partial charge in [0, 0.05) is 18.7 Å². The summed E-state index contributed by atoms with van der Waals surface area (Å²) in [5.41, 5.74) is 5.35. The normalized spacial score (nSPS) is 13.4. The fourth-order valence-corrected chi connectivity index (χ4v) is 1.94. The summed E-state index contributed by atoms with van der Waals surface area (Å²) < 4.78 is 21.6. The first-order valence-electron chi connectivity index (χ1n) is 5.52. The summed E-state index contributed by atoms with van der Waals surface area (Å²) in [5, 5.41) is 2.72. The van der Waals surface area contributed by atoms with Crippen molar-refractivity contribution in [3.05, 3.63) is 0 Å². The number of amides is 1. The zero-order valence-electron chi connectivity index (χ0n) is 10.0. The monoisotopic (exact) mass is 250 g/mol. The summed E-state index contributed by atoms with van der Waals surface area (Å²) in [6.45, 7) is 2.85. The van der Waals surface area contributed by atoms with Crippen molar-refractivity contribution in [3.8, 4) is 0 Å². The maximum Gasteiger partial charge on any atom is 0.222 e. The maximum atomic E-state index is 11.5. The Hall–Kier alpha value is -0.620. The minimum Gasteiger partial charge on any atom is -0.356 e. The summed E-state index contributed by atoms with van der Waals surface area (Å²) >= 11 is 0. The van der Waals surface area contributed by atoms with Crippen LogP contribution in [0.15, 0.2) is 0 Å². The number of carbonyl (C=O) groups excluding carboxylic acids is 1. The number of nitrogens with two attached hydrogens (primary N) is 1. The molecule has 0 aliphatic heterocycles. The number of hydrogen-bond acceptors (Lipinski definition) is 4. The summed E-state index contributed by atoms with van der Waals surface area (Å²) in [5.74, 6) is 0.0357. The molecule has 96 valence electrons. The molecular formula is C10H22N2O3S. The van der Waals surface area contributed by atoms with E-state index in [1.54, 1.807) is 0 Å². The Morgan fingerprint density at radius 3 is 2.50 bits per heavy atom. The molecule has 0 spiro atoms. The van der Waals surface area contributed by atoms with Crippen LogP contribution in [0.4, 0.5) is 0 Å². The van der Waals surface area contributed by atoms with Crippen LogP contribution >= 0.6 is 0 Å². The van der Waals surface area contributed by atoms with Crippen LogP contribution in [0.1, 0.15) is 26.2 Å². The van der Waals surface area contributed by atoms with Gasteiger partial charge in [-0.25, -0.2) is 8.42 Å². The first kappa shape index (κ1) is 15.4. The first-order chi connectivity index (χ1) is 7.37. The second kappa shape index (κ2) is 7.62. The van der Waals surface area contributed by atoms with E-state index in [2.05, 4.69) is 5.32 Å². The number of nitrogens with one attached hydrogen (secondary N) is 1. The highest BCUT2D eigenvalue weighted by atomic mass is 32.2. The van der Waals surface area contributed by atoms with Crippen LogP contribution in [-0.2, 0) is 14.6 Å². The van der Waals surface area contributed by atoms with E-state index in [1.807, 2.05) is 6.92 Å². The van der Waals surface area contributed by atoms with Crippen molar-refractivity contribution < 1.29 is 13.2 Å². The molecule has 6 heteroatoms. The van der Waals surface area contributed by atoms with Gasteiger partial charge in [0.1, 0.15) is 9.84 Å². The highest BCUT2D eigenvalue weighted by molar-refractivity contribution is 7.90. The van der Waals surface area contributed by atoms with Gasteiger partial charge in [0.15, 0.2) is 0 Å². The fourth-order valence-electron chi connectivity index (χ4n) is 1.28. The molecule has 1 unspecified atom stereocenters. The molecule has 0 bridgehead atoms. The Kier molecular flexibility index (Phi) is 7.33. The van der Waals surface area contributed by atoms with Crippen LogP contribution in [-0.4, -0.2) is 39.4 Å². The average Bonchev–Trinajstić information content (AvgIpc) is 2.19. The zero-order chi connectivity index (χ0) is 12.6. The third kappa shape index (κ3) is 8.67. The van der Waals surface area contributed by atoms with Crippen LogP contribution in [0.3, 0.4) is 0 Å². The van der Waals surface area contributed by atoms with Gasteiger partial charge >= 0.3 is 0 Å². The van der Waals surface area contributed by atoms with Crippen molar-refractivity contribution in [1.29, 1.82) is 0 Å². The van der Waals surface area contributed by atoms with E-state index in [1.165, 1.54) is 6.26 Å². The van der Waals surface area contributed by atoms with Gasteiger partial charge in [0.2, 0.25) is 5.91 Å². The highest BCUT2D eigenvalue weighted by Gasteiger charge is 2.11. The molecule has 0 aliphatic rings. The van der Waals surface area contributed by atoms with Crippen LogP contribution in [0.5, 0.6) is 0 Å². The molecule has 0 saturated carbocycles. The molecule has 0 radical (unpaired) electrons. The smallest absolute Gasteiger partial charge is 0.222 e. The number of hydrogen-bond donors (Lipinski definition) is 2. The molecule has 5 nitrogen and oxygen atoms in total. The first-order valence-corrected chi connectivity index (χ1v) is 7.58. The van der Waals surface area contributed by atoms with Gasteiger partial charge in [-0.1, -0.05) is 6.92 Å². The molecule has 3 N–H and O–H groups in total. The molecule has 0 aromatic heterocycles. The Morgan fingerprint density at radius 2 is 2.00 bits per heavy atom. The van der Waals surface area contributed by atoms with E-state index in [0.29, 0.717) is 19.5 Å². The molecule has 0 heterocycles. The second-order valence-electron chi connectivity index (χ2n) is 4.11. The summed E-state index contributed by atoms with van der Waals surface area (Å²) in [4.78, 5) is 11.5. The van der Waals surface area contributed by atoms with Gasteiger partial charge in [0.05, 0.1) is 5.75 Å². The molecular weight excluding hydrogens is 228 g/mol. The van der Waals surface area contributed by atoms with Crippen LogP contribution in [0.25, 0.3) is 0 Å². The Labute approximate surface area is 97.7 Å². The van der Waals surface area contributed by atoms with E-state index in [-0.39, 0.29) is 17.6 Å². The Bertz CT molecular complexity index is 301. The van der Waals surface area contributed by atoms with E-state index in [9.17, 15) is 13.2 Å². The fraction of sp³-hybridized carbons (Fsp3) is 0.900. The van der Waals surface area contributed by atoms with Crippen molar-refractivity contribution >= 4 is 15.7 Å². The Morgan fingerprint density at radius 1 is 1.38 bits per heavy atom. The second-order valence-corrected chi connectivity index (χ2v) is 6.37. The van der Waals surface area contributed by atoms with Crippen LogP contribution in [0.2, 0.25) is 0 Å². The summed E-state index contributed by atoms with van der Waals surface area (Å²) in [6, 6.07) is 0. The lowest BCUT2D eigenvalue weighted by Crippen LogP contribution is -2.31. The molecule has 1 amide bonds. The largest absolute Gasteiger partial charge is 0.356 e. The molecule has 1 atom stereocenters. The lowest BCUT2D eigenvalue weighted by molar-refractivity contribution is -0.124. The van der Waals surface area contributed by atoms with Gasteiger partial charge in [-0.2, -0.15) is 0 Å². The van der Waals surface area contributed by atoms with E-state index < -0.39 is 9.84 Å². The van der Waals surface area contributed by atoms with Crippen LogP contribution < -0.4 is 11.1 Å². The minimum atomic E-state index is -2.92. The van der Waals surface area contributed by atoms with Crippen molar-refractivity contribution in [1.82, 2.24) is 5.32 Å². The van der Waals surface area contributed by atoms with Crippen molar-refractivity contribution in [2.75, 3.05) is 25.1 Å². The number of sulfone groups is 1. The molecule has 0 fully saturated rings. The lowest BCUT2D eigenvalue weighted by Gasteiger charge is -2.11. The standard InChI is InChI=1S/C10H22N2O3S/c1-9(5-3-6-11)10(13)12-7-4-8-16(2,14)15/h9H,3-8,11H2,1-2H3,(H,12,13). The number of carbonyl (C=O) groups is 1. The number of rotatable bonds is 8. The zero-order valence-corrected chi connectivity index (χ0v) is 10.8. The van der Waals surface area contributed by atoms with Gasteiger partial charge in [-0.15, -0.1) is 0 Å². The van der Waals surface area contributed by atoms with E-state index in [0.717, 1.165) is 12.8 Å². The van der Waals surface area contributed by atoms with Gasteiger partial charge in [-0.05, 0) is 25.8 Å². The van der Waals surface area contributed by atoms with Gasteiger partial charge in [0.25, 0.3) is 0 Å². The van der Waals surface area contributed by atoms with Crippen molar-refractivity contribution in [2.24, 2.45) is 11.7 Å². The SMILES string of the molecule is CC(CCCN)C(=O)NCCCS(C)(=O)=O. The third-order valence-corrected chi connectivity index (χ3v) is 3.31. The van der Waals surface area contributed by atoms with E-state index in [4.69, 9.17) is 5.73 Å². The Balaban J connectivity index is 3.65. The summed E-state index contributed by atoms with van der Waals surface area (Å²) in [6.07, 6.45) is 3.26. The van der Waals surface area contributed by atoms with E-state index >= 15 is 0 Å².